The number of hydrogen-bond donors (Lipinski definition) is 1. The van der Waals surface area contributed by atoms with Crippen molar-refractivity contribution >= 4 is 35.2 Å². The molecule has 3 unspecified atom stereocenters. The summed E-state index contributed by atoms with van der Waals surface area (Å²) in [7, 11) is 0. The van der Waals surface area contributed by atoms with Gasteiger partial charge in [-0.2, -0.15) is 0 Å². The Morgan fingerprint density at radius 2 is 2.06 bits per heavy atom. The lowest BCUT2D eigenvalue weighted by molar-refractivity contribution is -0.153. The molecule has 188 valence electrons. The first kappa shape index (κ1) is 25.5. The van der Waals surface area contributed by atoms with Gasteiger partial charge < -0.3 is 19.6 Å². The lowest BCUT2D eigenvalue weighted by Gasteiger charge is -2.40. The van der Waals surface area contributed by atoms with Crippen LogP contribution >= 0.6 is 11.8 Å². The van der Waals surface area contributed by atoms with E-state index in [9.17, 15) is 19.5 Å². The summed E-state index contributed by atoms with van der Waals surface area (Å²) in [5.74, 6) is -2.11. The normalized spacial score (nSPS) is 30.8. The van der Waals surface area contributed by atoms with E-state index in [1.54, 1.807) is 22.7 Å². The van der Waals surface area contributed by atoms with E-state index in [1.165, 1.54) is 11.0 Å². The second-order valence-corrected chi connectivity index (χ2v) is 11.3. The van der Waals surface area contributed by atoms with Gasteiger partial charge in [-0.3, -0.25) is 14.4 Å². The zero-order valence-electron chi connectivity index (χ0n) is 20.6. The van der Waals surface area contributed by atoms with Crippen molar-refractivity contribution in [2.45, 2.75) is 43.2 Å². The SMILES string of the molecule is C=CCOC(=O)[C@@H]1[C@@H]2CC(C)C3(S2)C(C(=O)N(CC=C)c2cc(C)ccc2C)N(CCO)C(=O)[C@H]13. The third-order valence-corrected chi connectivity index (χ3v) is 9.75. The fourth-order valence-corrected chi connectivity index (χ4v) is 8.65. The zero-order chi connectivity index (χ0) is 25.5. The number of hydrogen-bond acceptors (Lipinski definition) is 6. The Morgan fingerprint density at radius 1 is 1.31 bits per heavy atom. The molecule has 8 heteroatoms. The number of β-amino-alcohol motifs (C(OH)–C–C–N with tert-alkyl or cyclic N) is 1. The molecule has 3 saturated heterocycles. The summed E-state index contributed by atoms with van der Waals surface area (Å²) in [4.78, 5) is 44.5. The standard InChI is InChI=1S/C27H34N2O5S/c1-6-10-28(19-14-16(3)8-9-17(19)4)25(32)23-27-18(5)15-20(35-27)21(26(33)34-13-7-2)22(27)24(31)29(23)11-12-30/h6-9,14,18,20-23,30H,1-2,10-13,15H2,3-5H3/t18?,20-,21+,22-,23?,27?/m0/s1. The van der Waals surface area contributed by atoms with Gasteiger partial charge in [0.25, 0.3) is 5.91 Å². The van der Waals surface area contributed by atoms with E-state index < -0.39 is 28.6 Å². The molecular formula is C27H34N2O5S. The second kappa shape index (κ2) is 9.82. The summed E-state index contributed by atoms with van der Waals surface area (Å²) >= 11 is 1.59. The van der Waals surface area contributed by atoms with Gasteiger partial charge in [-0.25, -0.2) is 0 Å². The number of fused-ring (bicyclic) bond motifs is 1. The van der Waals surface area contributed by atoms with E-state index in [1.807, 2.05) is 32.0 Å². The molecule has 0 aromatic heterocycles. The van der Waals surface area contributed by atoms with Crippen LogP contribution in [0.4, 0.5) is 5.69 Å². The summed E-state index contributed by atoms with van der Waals surface area (Å²) < 4.78 is 4.63. The third kappa shape index (κ3) is 3.91. The average Bonchev–Trinajstić information content (AvgIpc) is 3.41. The number of aliphatic hydroxyl groups excluding tert-OH is 1. The van der Waals surface area contributed by atoms with Crippen LogP contribution in [0.3, 0.4) is 0 Å². The zero-order valence-corrected chi connectivity index (χ0v) is 21.4. The number of ether oxygens (including phenoxy) is 1. The molecule has 0 radical (unpaired) electrons. The summed E-state index contributed by atoms with van der Waals surface area (Å²) in [5, 5.41) is 9.74. The molecule has 0 aliphatic carbocycles. The van der Waals surface area contributed by atoms with Crippen LogP contribution in [-0.2, 0) is 19.1 Å². The van der Waals surface area contributed by atoms with Gasteiger partial charge in [-0.15, -0.1) is 18.3 Å². The fourth-order valence-electron chi connectivity index (χ4n) is 6.25. The Balaban J connectivity index is 1.80. The molecule has 2 amide bonds. The highest BCUT2D eigenvalue weighted by Gasteiger charge is 2.76. The highest BCUT2D eigenvalue weighted by molar-refractivity contribution is 8.02. The fraction of sp³-hybridized carbons (Fsp3) is 0.519. The van der Waals surface area contributed by atoms with Gasteiger partial charge >= 0.3 is 5.97 Å². The minimum absolute atomic E-state index is 0.0363. The van der Waals surface area contributed by atoms with Crippen molar-refractivity contribution in [3.8, 4) is 0 Å². The summed E-state index contributed by atoms with van der Waals surface area (Å²) in [6.07, 6.45) is 3.92. The largest absolute Gasteiger partial charge is 0.461 e. The van der Waals surface area contributed by atoms with Gasteiger partial charge in [0.15, 0.2) is 0 Å². The Morgan fingerprint density at radius 3 is 2.71 bits per heavy atom. The predicted octanol–water partition coefficient (Wildman–Crippen LogP) is 2.88. The molecule has 1 spiro atoms. The molecule has 3 aliphatic rings. The number of benzene rings is 1. The van der Waals surface area contributed by atoms with Crippen LogP contribution in [-0.4, -0.2) is 70.1 Å². The van der Waals surface area contributed by atoms with E-state index in [-0.39, 0.29) is 49.3 Å². The maximum absolute atomic E-state index is 14.4. The minimum Gasteiger partial charge on any atom is -0.461 e. The number of aliphatic hydroxyl groups is 1. The van der Waals surface area contributed by atoms with Gasteiger partial charge in [0.2, 0.25) is 5.91 Å². The van der Waals surface area contributed by atoms with Crippen LogP contribution in [0.5, 0.6) is 0 Å². The first-order valence-electron chi connectivity index (χ1n) is 12.1. The van der Waals surface area contributed by atoms with Crippen LogP contribution in [0.25, 0.3) is 0 Å². The molecule has 1 aromatic rings. The van der Waals surface area contributed by atoms with E-state index in [0.717, 1.165) is 23.2 Å². The van der Waals surface area contributed by atoms with Crippen LogP contribution in [0.1, 0.15) is 24.5 Å². The number of thioether (sulfide) groups is 1. The molecule has 2 bridgehead atoms. The van der Waals surface area contributed by atoms with Crippen LogP contribution < -0.4 is 4.90 Å². The summed E-state index contributed by atoms with van der Waals surface area (Å²) in [5.41, 5.74) is 2.74. The van der Waals surface area contributed by atoms with Crippen LogP contribution in [0, 0.1) is 31.6 Å². The summed E-state index contributed by atoms with van der Waals surface area (Å²) in [6.45, 7) is 13.6. The van der Waals surface area contributed by atoms with Crippen molar-refractivity contribution in [2.75, 3.05) is 31.2 Å². The second-order valence-electron chi connectivity index (χ2n) is 9.75. The van der Waals surface area contributed by atoms with Crippen molar-refractivity contribution in [2.24, 2.45) is 17.8 Å². The number of amides is 2. The monoisotopic (exact) mass is 498 g/mol. The van der Waals surface area contributed by atoms with E-state index in [0.29, 0.717) is 0 Å². The van der Waals surface area contributed by atoms with E-state index in [2.05, 4.69) is 20.1 Å². The van der Waals surface area contributed by atoms with Crippen molar-refractivity contribution < 1.29 is 24.2 Å². The molecule has 1 N–H and O–H groups in total. The van der Waals surface area contributed by atoms with Crippen molar-refractivity contribution in [1.29, 1.82) is 0 Å². The molecule has 0 saturated carbocycles. The van der Waals surface area contributed by atoms with Gasteiger partial charge in [0.1, 0.15) is 12.6 Å². The lowest BCUT2D eigenvalue weighted by atomic mass is 9.66. The Bertz CT molecular complexity index is 1060. The average molecular weight is 499 g/mol. The first-order valence-corrected chi connectivity index (χ1v) is 13.0. The van der Waals surface area contributed by atoms with E-state index in [4.69, 9.17) is 4.74 Å². The molecule has 1 aromatic carbocycles. The molecule has 3 aliphatic heterocycles. The Hall–Kier alpha value is -2.58. The first-order chi connectivity index (χ1) is 16.7. The number of likely N-dealkylation sites (tertiary alicyclic amines) is 1. The van der Waals surface area contributed by atoms with Gasteiger partial charge in [0, 0.05) is 24.0 Å². The smallest absolute Gasteiger partial charge is 0.311 e. The molecule has 3 fully saturated rings. The molecule has 3 heterocycles. The number of carbonyl (C=O) groups is 3. The number of rotatable bonds is 9. The summed E-state index contributed by atoms with van der Waals surface area (Å²) in [6, 6.07) is 5.15. The topological polar surface area (TPSA) is 87.2 Å². The molecule has 35 heavy (non-hydrogen) atoms. The quantitative estimate of drug-likeness (QED) is 0.416. The Labute approximate surface area is 211 Å². The Kier molecular flexibility index (Phi) is 7.16. The van der Waals surface area contributed by atoms with Gasteiger partial charge in [-0.1, -0.05) is 37.8 Å². The third-order valence-electron chi connectivity index (χ3n) is 7.67. The highest BCUT2D eigenvalue weighted by atomic mass is 32.2. The van der Waals surface area contributed by atoms with Crippen LogP contribution in [0.15, 0.2) is 43.5 Å². The molecule has 7 nitrogen and oxygen atoms in total. The number of anilines is 1. The highest BCUT2D eigenvalue weighted by Crippen LogP contribution is 2.68. The maximum Gasteiger partial charge on any atom is 0.311 e. The minimum atomic E-state index is -0.797. The predicted molar refractivity (Wildman–Crippen MR) is 137 cm³/mol. The number of nitrogens with zero attached hydrogens (tertiary/aromatic N) is 2. The lowest BCUT2D eigenvalue weighted by Crippen LogP contribution is -2.57. The van der Waals surface area contributed by atoms with Crippen molar-refractivity contribution in [1.82, 2.24) is 4.90 Å². The van der Waals surface area contributed by atoms with Gasteiger partial charge in [-0.05, 0) is 43.4 Å². The van der Waals surface area contributed by atoms with Crippen molar-refractivity contribution in [3.05, 3.63) is 54.6 Å². The molecule has 4 rings (SSSR count). The molecular weight excluding hydrogens is 464 g/mol. The van der Waals surface area contributed by atoms with Gasteiger partial charge in [0.05, 0.1) is 23.2 Å². The van der Waals surface area contributed by atoms with Crippen LogP contribution in [0.2, 0.25) is 0 Å². The number of aryl methyl sites for hydroxylation is 2. The number of carbonyl (C=O) groups excluding carboxylic acids is 3. The maximum atomic E-state index is 14.4. The molecule has 6 atom stereocenters. The number of esters is 1. The van der Waals surface area contributed by atoms with E-state index >= 15 is 0 Å². The van der Waals surface area contributed by atoms with Crippen molar-refractivity contribution in [3.63, 3.8) is 0 Å².